The third kappa shape index (κ3) is 7.45. The van der Waals surface area contributed by atoms with E-state index in [0.717, 1.165) is 12.1 Å². The second kappa shape index (κ2) is 9.27. The molecule has 1 aromatic rings. The molecule has 0 radical (unpaired) electrons. The van der Waals surface area contributed by atoms with Crippen LogP contribution in [0.5, 0.6) is 0 Å². The van der Waals surface area contributed by atoms with Gasteiger partial charge in [0.1, 0.15) is 0 Å². The molecule has 0 spiro atoms. The number of unbranched alkanes of at least 4 members (excludes halogenated alkanes) is 1. The first-order valence-corrected chi connectivity index (χ1v) is 7.53. The summed E-state index contributed by atoms with van der Waals surface area (Å²) in [5.74, 6) is -1.15. The van der Waals surface area contributed by atoms with Crippen LogP contribution in [0.3, 0.4) is 0 Å². The van der Waals surface area contributed by atoms with Gasteiger partial charge in [0, 0.05) is 20.0 Å². The van der Waals surface area contributed by atoms with Gasteiger partial charge in [0.05, 0.1) is 12.1 Å². The Morgan fingerprint density at radius 2 is 1.96 bits per heavy atom. The maximum Gasteiger partial charge on any atom is 0.416 e. The lowest BCUT2D eigenvalue weighted by Crippen LogP contribution is -2.36. The van der Waals surface area contributed by atoms with Gasteiger partial charge in [0.15, 0.2) is 0 Å². The van der Waals surface area contributed by atoms with Gasteiger partial charge in [-0.15, -0.1) is 0 Å². The van der Waals surface area contributed by atoms with Crippen molar-refractivity contribution in [3.63, 3.8) is 0 Å². The molecule has 0 fully saturated rings. The first-order valence-electron chi connectivity index (χ1n) is 7.53. The second-order valence-corrected chi connectivity index (χ2v) is 5.43. The Morgan fingerprint density at radius 1 is 1.25 bits per heavy atom. The highest BCUT2D eigenvalue weighted by Gasteiger charge is 2.30. The van der Waals surface area contributed by atoms with Gasteiger partial charge in [0.2, 0.25) is 5.91 Å². The van der Waals surface area contributed by atoms with E-state index < -0.39 is 17.7 Å². The largest absolute Gasteiger partial charge is 0.481 e. The molecule has 1 rings (SSSR count). The van der Waals surface area contributed by atoms with Gasteiger partial charge >= 0.3 is 12.1 Å². The summed E-state index contributed by atoms with van der Waals surface area (Å²) in [6, 6.07) is 4.97. The summed E-state index contributed by atoms with van der Waals surface area (Å²) < 4.78 is 38.3. The first-order chi connectivity index (χ1) is 11.2. The number of nitrogens with zero attached hydrogens (tertiary/aromatic N) is 1. The van der Waals surface area contributed by atoms with Crippen LogP contribution < -0.4 is 5.32 Å². The van der Waals surface area contributed by atoms with Crippen LogP contribution in [-0.2, 0) is 22.3 Å². The number of carbonyl (C=O) groups excluding carboxylic acids is 1. The van der Waals surface area contributed by atoms with Crippen LogP contribution >= 0.6 is 0 Å². The minimum atomic E-state index is -4.41. The molecule has 0 atom stereocenters. The molecule has 24 heavy (non-hydrogen) atoms. The average molecular weight is 346 g/mol. The van der Waals surface area contributed by atoms with Gasteiger partial charge in [-0.25, -0.2) is 0 Å². The van der Waals surface area contributed by atoms with E-state index in [9.17, 15) is 22.8 Å². The lowest BCUT2D eigenvalue weighted by molar-refractivity contribution is -0.138. The van der Waals surface area contributed by atoms with Crippen LogP contribution in [0.25, 0.3) is 0 Å². The minimum absolute atomic E-state index is 0.0252. The molecule has 0 aliphatic heterocycles. The van der Waals surface area contributed by atoms with E-state index in [1.54, 1.807) is 11.0 Å². The summed E-state index contributed by atoms with van der Waals surface area (Å²) in [5, 5.41) is 11.1. The highest BCUT2D eigenvalue weighted by molar-refractivity contribution is 5.77. The summed E-state index contributed by atoms with van der Waals surface area (Å²) in [5.41, 5.74) is -0.280. The van der Waals surface area contributed by atoms with Gasteiger partial charge in [-0.2, -0.15) is 13.2 Å². The molecule has 1 amide bonds. The summed E-state index contributed by atoms with van der Waals surface area (Å²) in [4.78, 5) is 23.8. The van der Waals surface area contributed by atoms with Gasteiger partial charge in [0.25, 0.3) is 0 Å². The molecule has 2 N–H and O–H groups in total. The number of hydrogen-bond acceptors (Lipinski definition) is 3. The number of carboxylic acid groups (broad SMARTS) is 1. The molecule has 1 aromatic carbocycles. The number of alkyl halides is 3. The number of aliphatic carboxylic acids is 1. The van der Waals surface area contributed by atoms with Crippen molar-refractivity contribution in [2.75, 3.05) is 20.1 Å². The van der Waals surface area contributed by atoms with E-state index in [0.29, 0.717) is 24.9 Å². The zero-order valence-corrected chi connectivity index (χ0v) is 13.4. The van der Waals surface area contributed by atoms with Crippen LogP contribution in [0, 0.1) is 0 Å². The fourth-order valence-corrected chi connectivity index (χ4v) is 2.21. The van der Waals surface area contributed by atoms with Crippen molar-refractivity contribution >= 4 is 11.9 Å². The van der Waals surface area contributed by atoms with Crippen molar-refractivity contribution in [1.29, 1.82) is 0 Å². The molecule has 0 bridgehead atoms. The number of rotatable bonds is 9. The Kier molecular flexibility index (Phi) is 7.70. The molecule has 0 saturated carbocycles. The third-order valence-corrected chi connectivity index (χ3v) is 3.42. The van der Waals surface area contributed by atoms with Crippen LogP contribution in [0.4, 0.5) is 13.2 Å². The molecule has 0 aliphatic rings. The summed E-state index contributed by atoms with van der Waals surface area (Å²) >= 11 is 0. The van der Waals surface area contributed by atoms with E-state index in [1.165, 1.54) is 13.1 Å². The van der Waals surface area contributed by atoms with Crippen molar-refractivity contribution < 1.29 is 27.9 Å². The number of hydrogen-bond donors (Lipinski definition) is 2. The lowest BCUT2D eigenvalue weighted by atomic mass is 10.1. The summed E-state index contributed by atoms with van der Waals surface area (Å²) in [7, 11) is 1.48. The van der Waals surface area contributed by atoms with Gasteiger partial charge in [-0.3, -0.25) is 14.5 Å². The number of benzene rings is 1. The average Bonchev–Trinajstić information content (AvgIpc) is 2.50. The molecular formula is C16H21F3N2O3. The van der Waals surface area contributed by atoms with Crippen molar-refractivity contribution in [2.45, 2.75) is 32.0 Å². The van der Waals surface area contributed by atoms with Gasteiger partial charge in [-0.05, 0) is 31.0 Å². The topological polar surface area (TPSA) is 69.6 Å². The third-order valence-electron chi connectivity index (χ3n) is 3.42. The number of halogens is 3. The number of carboxylic acids is 1. The summed E-state index contributed by atoms with van der Waals surface area (Å²) in [6.07, 6.45) is -3.40. The number of nitrogens with one attached hydrogen (secondary N) is 1. The van der Waals surface area contributed by atoms with E-state index in [4.69, 9.17) is 5.11 Å². The molecule has 0 aliphatic carbocycles. The van der Waals surface area contributed by atoms with Crippen LogP contribution in [-0.4, -0.2) is 42.0 Å². The number of amides is 1. The Balaban J connectivity index is 2.72. The smallest absolute Gasteiger partial charge is 0.416 e. The predicted octanol–water partition coefficient (Wildman–Crippen LogP) is 2.51. The zero-order valence-electron chi connectivity index (χ0n) is 13.4. The van der Waals surface area contributed by atoms with Gasteiger partial charge in [-0.1, -0.05) is 18.2 Å². The Hall–Kier alpha value is -2.09. The quantitative estimate of drug-likeness (QED) is 0.674. The molecule has 0 unspecified atom stereocenters. The van der Waals surface area contributed by atoms with Crippen molar-refractivity contribution in [1.82, 2.24) is 10.2 Å². The Labute approximate surface area is 138 Å². The molecular weight excluding hydrogens is 325 g/mol. The van der Waals surface area contributed by atoms with Crippen LogP contribution in [0.2, 0.25) is 0 Å². The monoisotopic (exact) mass is 346 g/mol. The predicted molar refractivity (Wildman–Crippen MR) is 82.3 cm³/mol. The van der Waals surface area contributed by atoms with Crippen molar-refractivity contribution in [2.24, 2.45) is 0 Å². The zero-order chi connectivity index (χ0) is 18.2. The lowest BCUT2D eigenvalue weighted by Gasteiger charge is -2.22. The van der Waals surface area contributed by atoms with E-state index in [-0.39, 0.29) is 25.4 Å². The van der Waals surface area contributed by atoms with Crippen LogP contribution in [0.1, 0.15) is 30.4 Å². The standard InChI is InChI=1S/C16H21F3N2O3/c1-20-14(22)11-21(8-3-2-7-15(23)24)10-12-5-4-6-13(9-12)16(17,18)19/h4-6,9H,2-3,7-8,10-11H2,1H3,(H,20,22)(H,23,24). The van der Waals surface area contributed by atoms with E-state index >= 15 is 0 Å². The molecule has 0 saturated heterocycles. The molecule has 8 heteroatoms. The highest BCUT2D eigenvalue weighted by Crippen LogP contribution is 2.29. The molecule has 0 aromatic heterocycles. The molecule has 134 valence electrons. The molecule has 0 heterocycles. The fraction of sp³-hybridized carbons (Fsp3) is 0.500. The Bertz CT molecular complexity index is 562. The van der Waals surface area contributed by atoms with E-state index in [1.807, 2.05) is 0 Å². The SMILES string of the molecule is CNC(=O)CN(CCCCC(=O)O)Cc1cccc(C(F)(F)F)c1. The number of carbonyl (C=O) groups is 2. The minimum Gasteiger partial charge on any atom is -0.481 e. The van der Waals surface area contributed by atoms with Gasteiger partial charge < -0.3 is 10.4 Å². The van der Waals surface area contributed by atoms with Crippen LogP contribution in [0.15, 0.2) is 24.3 Å². The Morgan fingerprint density at radius 3 is 2.54 bits per heavy atom. The summed E-state index contributed by atoms with van der Waals surface area (Å²) in [6.45, 7) is 0.654. The maximum atomic E-state index is 12.8. The van der Waals surface area contributed by atoms with Crippen molar-refractivity contribution in [3.05, 3.63) is 35.4 Å². The van der Waals surface area contributed by atoms with Crippen molar-refractivity contribution in [3.8, 4) is 0 Å². The molecule has 5 nitrogen and oxygen atoms in total. The second-order valence-electron chi connectivity index (χ2n) is 5.43. The highest BCUT2D eigenvalue weighted by atomic mass is 19.4. The van der Waals surface area contributed by atoms with E-state index in [2.05, 4.69) is 5.32 Å². The number of likely N-dealkylation sites (N-methyl/N-ethyl adjacent to an activating group) is 1. The normalized spacial score (nSPS) is 11.5. The first kappa shape index (κ1) is 20.0. The fourth-order valence-electron chi connectivity index (χ4n) is 2.21. The maximum absolute atomic E-state index is 12.8.